The largest absolute Gasteiger partial charge is 0.352 e. The molecule has 114 valence electrons. The van der Waals surface area contributed by atoms with Crippen molar-refractivity contribution in [3.8, 4) is 0 Å². The predicted molar refractivity (Wildman–Crippen MR) is 82.7 cm³/mol. The molecule has 0 aliphatic carbocycles. The average molecular weight is 289 g/mol. The van der Waals surface area contributed by atoms with E-state index in [2.05, 4.69) is 16.0 Å². The predicted octanol–water partition coefficient (Wildman–Crippen LogP) is 1.51. The molecule has 1 aliphatic heterocycles. The zero-order chi connectivity index (χ0) is 15.2. The Hall–Kier alpha value is -1.88. The van der Waals surface area contributed by atoms with Gasteiger partial charge in [-0.2, -0.15) is 0 Å². The third-order valence-corrected chi connectivity index (χ3v) is 3.55. The summed E-state index contributed by atoms with van der Waals surface area (Å²) in [5, 5.41) is 8.94. The summed E-state index contributed by atoms with van der Waals surface area (Å²) in [6, 6.07) is 7.57. The highest BCUT2D eigenvalue weighted by Gasteiger charge is 2.19. The molecule has 1 heterocycles. The monoisotopic (exact) mass is 289 g/mol. The molecule has 0 bridgehead atoms. The number of anilines is 1. The maximum absolute atomic E-state index is 11.8. The molecule has 5 nitrogen and oxygen atoms in total. The van der Waals surface area contributed by atoms with E-state index in [1.807, 2.05) is 38.1 Å². The number of benzene rings is 1. The standard InChI is InChI=1S/C16H23N3O2/c1-11(2)16(21)19-14-5-3-4-12(6-14)10-18-15(20)7-13-8-17-9-13/h3-6,11,13,17H,7-10H2,1-2H3,(H,18,20)(H,19,21). The average Bonchev–Trinajstić information content (AvgIpc) is 2.41. The summed E-state index contributed by atoms with van der Waals surface area (Å²) in [4.78, 5) is 23.4. The fourth-order valence-electron chi connectivity index (χ4n) is 2.07. The van der Waals surface area contributed by atoms with E-state index in [0.717, 1.165) is 24.3 Å². The molecule has 1 aromatic carbocycles. The van der Waals surface area contributed by atoms with Crippen LogP contribution in [0.4, 0.5) is 5.69 Å². The van der Waals surface area contributed by atoms with Crippen LogP contribution in [0.1, 0.15) is 25.8 Å². The molecule has 1 aliphatic rings. The van der Waals surface area contributed by atoms with Crippen LogP contribution in [0.25, 0.3) is 0 Å². The first-order valence-corrected chi connectivity index (χ1v) is 7.42. The van der Waals surface area contributed by atoms with Gasteiger partial charge in [0, 0.05) is 24.6 Å². The van der Waals surface area contributed by atoms with Crippen molar-refractivity contribution in [1.29, 1.82) is 0 Å². The summed E-state index contributed by atoms with van der Waals surface area (Å²) >= 11 is 0. The topological polar surface area (TPSA) is 70.2 Å². The normalized spacial score (nSPS) is 14.6. The van der Waals surface area contributed by atoms with Crippen molar-refractivity contribution in [1.82, 2.24) is 10.6 Å². The summed E-state index contributed by atoms with van der Waals surface area (Å²) in [5.41, 5.74) is 1.75. The fraction of sp³-hybridized carbons (Fsp3) is 0.500. The van der Waals surface area contributed by atoms with E-state index in [1.54, 1.807) is 0 Å². The Morgan fingerprint density at radius 3 is 2.71 bits per heavy atom. The number of carbonyl (C=O) groups is 2. The van der Waals surface area contributed by atoms with E-state index in [0.29, 0.717) is 18.9 Å². The maximum atomic E-state index is 11.8. The van der Waals surface area contributed by atoms with Gasteiger partial charge in [0.2, 0.25) is 11.8 Å². The first-order valence-electron chi connectivity index (χ1n) is 7.42. The Morgan fingerprint density at radius 1 is 1.33 bits per heavy atom. The number of rotatable bonds is 6. The first kappa shape index (κ1) is 15.5. The number of amides is 2. The summed E-state index contributed by atoms with van der Waals surface area (Å²) in [6.45, 7) is 6.07. The summed E-state index contributed by atoms with van der Waals surface area (Å²) < 4.78 is 0. The lowest BCUT2D eigenvalue weighted by molar-refractivity contribution is -0.122. The van der Waals surface area contributed by atoms with Gasteiger partial charge in [-0.1, -0.05) is 26.0 Å². The van der Waals surface area contributed by atoms with E-state index in [4.69, 9.17) is 0 Å². The van der Waals surface area contributed by atoms with Crippen molar-refractivity contribution in [2.75, 3.05) is 18.4 Å². The quantitative estimate of drug-likeness (QED) is 0.743. The van der Waals surface area contributed by atoms with Gasteiger partial charge in [0.15, 0.2) is 0 Å². The zero-order valence-electron chi connectivity index (χ0n) is 12.6. The van der Waals surface area contributed by atoms with Gasteiger partial charge < -0.3 is 16.0 Å². The molecular weight excluding hydrogens is 266 g/mol. The minimum Gasteiger partial charge on any atom is -0.352 e. The molecule has 5 heteroatoms. The van der Waals surface area contributed by atoms with Gasteiger partial charge in [0.1, 0.15) is 0 Å². The molecule has 1 aromatic rings. The molecule has 0 saturated carbocycles. The van der Waals surface area contributed by atoms with Gasteiger partial charge in [-0.25, -0.2) is 0 Å². The molecule has 1 saturated heterocycles. The van der Waals surface area contributed by atoms with Crippen molar-refractivity contribution < 1.29 is 9.59 Å². The third kappa shape index (κ3) is 4.86. The molecule has 2 amide bonds. The van der Waals surface area contributed by atoms with Crippen molar-refractivity contribution in [3.63, 3.8) is 0 Å². The van der Waals surface area contributed by atoms with Crippen LogP contribution >= 0.6 is 0 Å². The molecule has 0 aromatic heterocycles. The van der Waals surface area contributed by atoms with Crippen molar-refractivity contribution in [2.24, 2.45) is 11.8 Å². The van der Waals surface area contributed by atoms with Crippen LogP contribution < -0.4 is 16.0 Å². The van der Waals surface area contributed by atoms with E-state index in [-0.39, 0.29) is 17.7 Å². The molecule has 2 rings (SSSR count). The van der Waals surface area contributed by atoms with Crippen LogP contribution in [0.5, 0.6) is 0 Å². The third-order valence-electron chi connectivity index (χ3n) is 3.55. The lowest BCUT2D eigenvalue weighted by atomic mass is 9.99. The minimum absolute atomic E-state index is 0.00586. The molecule has 0 unspecified atom stereocenters. The zero-order valence-corrected chi connectivity index (χ0v) is 12.6. The maximum Gasteiger partial charge on any atom is 0.226 e. The lowest BCUT2D eigenvalue weighted by Crippen LogP contribution is -2.44. The Labute approximate surface area is 125 Å². The van der Waals surface area contributed by atoms with Crippen LogP contribution in [-0.4, -0.2) is 24.9 Å². The van der Waals surface area contributed by atoms with Crippen LogP contribution in [-0.2, 0) is 16.1 Å². The summed E-state index contributed by atoms with van der Waals surface area (Å²) in [7, 11) is 0. The highest BCUT2D eigenvalue weighted by molar-refractivity contribution is 5.92. The van der Waals surface area contributed by atoms with Gasteiger partial charge in [0.25, 0.3) is 0 Å². The Morgan fingerprint density at radius 2 is 2.10 bits per heavy atom. The smallest absolute Gasteiger partial charge is 0.226 e. The minimum atomic E-state index is -0.0514. The Bertz CT molecular complexity index is 510. The van der Waals surface area contributed by atoms with E-state index < -0.39 is 0 Å². The van der Waals surface area contributed by atoms with Gasteiger partial charge in [-0.3, -0.25) is 9.59 Å². The highest BCUT2D eigenvalue weighted by Crippen LogP contribution is 2.12. The second kappa shape index (κ2) is 7.22. The van der Waals surface area contributed by atoms with Gasteiger partial charge in [-0.05, 0) is 36.7 Å². The van der Waals surface area contributed by atoms with Gasteiger partial charge in [-0.15, -0.1) is 0 Å². The fourth-order valence-corrected chi connectivity index (χ4v) is 2.07. The number of carbonyl (C=O) groups excluding carboxylic acids is 2. The Kier molecular flexibility index (Phi) is 5.33. The van der Waals surface area contributed by atoms with Crippen LogP contribution in [0, 0.1) is 11.8 Å². The van der Waals surface area contributed by atoms with E-state index in [9.17, 15) is 9.59 Å². The van der Waals surface area contributed by atoms with E-state index in [1.165, 1.54) is 0 Å². The molecule has 0 atom stereocenters. The van der Waals surface area contributed by atoms with Crippen molar-refractivity contribution >= 4 is 17.5 Å². The number of nitrogens with one attached hydrogen (secondary N) is 3. The van der Waals surface area contributed by atoms with Gasteiger partial charge >= 0.3 is 0 Å². The van der Waals surface area contributed by atoms with Crippen molar-refractivity contribution in [3.05, 3.63) is 29.8 Å². The second-order valence-corrected chi connectivity index (χ2v) is 5.85. The lowest BCUT2D eigenvalue weighted by Gasteiger charge is -2.26. The van der Waals surface area contributed by atoms with Crippen LogP contribution in [0.15, 0.2) is 24.3 Å². The first-order chi connectivity index (χ1) is 10.0. The van der Waals surface area contributed by atoms with E-state index >= 15 is 0 Å². The van der Waals surface area contributed by atoms with Crippen molar-refractivity contribution in [2.45, 2.75) is 26.8 Å². The summed E-state index contributed by atoms with van der Waals surface area (Å²) in [5.74, 6) is 0.498. The molecule has 21 heavy (non-hydrogen) atoms. The number of hydrogen-bond donors (Lipinski definition) is 3. The molecule has 0 radical (unpaired) electrons. The molecule has 0 spiro atoms. The highest BCUT2D eigenvalue weighted by atomic mass is 16.2. The van der Waals surface area contributed by atoms with Gasteiger partial charge in [0.05, 0.1) is 0 Å². The molecular formula is C16H23N3O2. The summed E-state index contributed by atoms with van der Waals surface area (Å²) in [6.07, 6.45) is 0.580. The number of hydrogen-bond acceptors (Lipinski definition) is 3. The molecule has 1 fully saturated rings. The second-order valence-electron chi connectivity index (χ2n) is 5.85. The SMILES string of the molecule is CC(C)C(=O)Nc1cccc(CNC(=O)CC2CNC2)c1. The Balaban J connectivity index is 1.82. The van der Waals surface area contributed by atoms with Crippen LogP contribution in [0.3, 0.4) is 0 Å². The molecule has 3 N–H and O–H groups in total. The van der Waals surface area contributed by atoms with Crippen LogP contribution in [0.2, 0.25) is 0 Å².